The van der Waals surface area contributed by atoms with Crippen LogP contribution in [0, 0.1) is 6.92 Å². The van der Waals surface area contributed by atoms with Crippen molar-refractivity contribution in [3.63, 3.8) is 0 Å². The Hall–Kier alpha value is -3.03. The van der Waals surface area contributed by atoms with Gasteiger partial charge in [-0.25, -0.2) is 0 Å². The van der Waals surface area contributed by atoms with Crippen molar-refractivity contribution >= 4 is 50.7 Å². The molecule has 1 aromatic heterocycles. The van der Waals surface area contributed by atoms with Gasteiger partial charge in [-0.3, -0.25) is 14.5 Å². The van der Waals surface area contributed by atoms with Gasteiger partial charge in [0.2, 0.25) is 0 Å². The first-order valence-corrected chi connectivity index (χ1v) is 10.5. The molecule has 8 heteroatoms. The number of ether oxygens (including phenoxy) is 1. The van der Waals surface area contributed by atoms with Crippen molar-refractivity contribution < 1.29 is 23.8 Å². The van der Waals surface area contributed by atoms with Crippen molar-refractivity contribution in [1.29, 1.82) is 0 Å². The Morgan fingerprint density at radius 1 is 1.19 bits per heavy atom. The molecule has 1 amide bonds. The summed E-state index contributed by atoms with van der Waals surface area (Å²) in [4.78, 5) is 27.5. The monoisotopic (exact) mass is 501 g/mol. The third-order valence-corrected chi connectivity index (χ3v) is 6.21. The number of carbonyl (C=O) groups is 2. The minimum Gasteiger partial charge on any atom is -0.507 e. The maximum Gasteiger partial charge on any atom is 0.300 e. The van der Waals surface area contributed by atoms with Crippen LogP contribution in [0.25, 0.3) is 5.76 Å². The van der Waals surface area contributed by atoms with Crippen molar-refractivity contribution in [3.8, 4) is 5.75 Å². The molecule has 1 atom stereocenters. The molecule has 2 heterocycles. The first-order valence-electron chi connectivity index (χ1n) is 9.28. The molecule has 1 aliphatic heterocycles. The number of Topliss-reactive ketones (excluding diaryl/α,β-unsaturated/α-hetero) is 1. The van der Waals surface area contributed by atoms with E-state index in [0.29, 0.717) is 37.8 Å². The molecule has 1 N–H and O–H groups in total. The summed E-state index contributed by atoms with van der Waals surface area (Å²) < 4.78 is 11.4. The van der Waals surface area contributed by atoms with Crippen molar-refractivity contribution in [1.82, 2.24) is 0 Å². The summed E-state index contributed by atoms with van der Waals surface area (Å²) in [6, 6.07) is 12.3. The number of hydrogen-bond donors (Lipinski definition) is 1. The molecule has 0 bridgehead atoms. The van der Waals surface area contributed by atoms with E-state index >= 15 is 0 Å². The first-order chi connectivity index (χ1) is 14.8. The second-order valence-electron chi connectivity index (χ2n) is 6.92. The fraction of sp³-hybridized carbons (Fsp3) is 0.130. The van der Waals surface area contributed by atoms with Crippen molar-refractivity contribution in [2.24, 2.45) is 0 Å². The van der Waals surface area contributed by atoms with Crippen LogP contribution in [0.2, 0.25) is 5.02 Å². The molecule has 6 nitrogen and oxygen atoms in total. The number of hydrogen-bond acceptors (Lipinski definition) is 5. The molecule has 1 aliphatic rings. The van der Waals surface area contributed by atoms with Gasteiger partial charge in [0.05, 0.1) is 23.4 Å². The number of amides is 1. The molecule has 1 fully saturated rings. The molecule has 3 aromatic rings. The molecule has 31 heavy (non-hydrogen) atoms. The zero-order chi connectivity index (χ0) is 22.3. The Bertz CT molecular complexity index is 1220. The van der Waals surface area contributed by atoms with Crippen LogP contribution in [0.3, 0.4) is 0 Å². The Labute approximate surface area is 191 Å². The van der Waals surface area contributed by atoms with E-state index in [1.165, 1.54) is 18.3 Å². The molecular weight excluding hydrogens is 486 g/mol. The number of rotatable bonds is 4. The van der Waals surface area contributed by atoms with E-state index in [2.05, 4.69) is 15.9 Å². The van der Waals surface area contributed by atoms with Crippen molar-refractivity contribution in [2.45, 2.75) is 13.0 Å². The molecular formula is C23H17BrClNO5. The van der Waals surface area contributed by atoms with Crippen LogP contribution in [0.15, 0.2) is 69.3 Å². The number of anilines is 1. The van der Waals surface area contributed by atoms with Crippen LogP contribution in [-0.4, -0.2) is 23.9 Å². The molecule has 2 aromatic carbocycles. The average Bonchev–Trinajstić information content (AvgIpc) is 3.37. The number of methoxy groups -OCH3 is 1. The maximum atomic E-state index is 13.1. The molecule has 1 saturated heterocycles. The van der Waals surface area contributed by atoms with Gasteiger partial charge in [-0.2, -0.15) is 0 Å². The number of furan rings is 1. The number of benzene rings is 2. The highest BCUT2D eigenvalue weighted by Crippen LogP contribution is 2.44. The van der Waals surface area contributed by atoms with Crippen molar-refractivity contribution in [3.05, 3.63) is 86.7 Å². The normalized spacial score (nSPS) is 17.9. The Balaban J connectivity index is 1.94. The van der Waals surface area contributed by atoms with Gasteiger partial charge in [0.15, 0.2) is 0 Å². The van der Waals surface area contributed by atoms with Gasteiger partial charge >= 0.3 is 0 Å². The number of aliphatic hydroxyl groups excluding tert-OH is 1. The molecule has 0 aliphatic carbocycles. The standard InChI is InChI=1S/C23H17BrClNO5/c1-12-15(25)5-3-6-16(12)26-20(18-7-4-10-31-18)19(22(28)23(26)29)21(27)13-8-9-17(30-2)14(24)11-13/h3-11,20,27H,1-2H3/b21-19-. The Morgan fingerprint density at radius 3 is 2.61 bits per heavy atom. The Morgan fingerprint density at radius 2 is 1.97 bits per heavy atom. The number of ketones is 1. The van der Waals surface area contributed by atoms with Crippen LogP contribution in [0.1, 0.15) is 22.9 Å². The lowest BCUT2D eigenvalue weighted by Crippen LogP contribution is -2.30. The van der Waals surface area contributed by atoms with Gasteiger partial charge in [-0.05, 0) is 70.9 Å². The summed E-state index contributed by atoms with van der Waals surface area (Å²) in [7, 11) is 1.52. The third-order valence-electron chi connectivity index (χ3n) is 5.18. The summed E-state index contributed by atoms with van der Waals surface area (Å²) in [5.74, 6) is -1.00. The van der Waals surface area contributed by atoms with E-state index in [9.17, 15) is 14.7 Å². The number of halogens is 2. The summed E-state index contributed by atoms with van der Waals surface area (Å²) in [5, 5.41) is 11.6. The van der Waals surface area contributed by atoms with E-state index in [1.54, 1.807) is 55.5 Å². The second kappa shape index (κ2) is 8.24. The molecule has 0 radical (unpaired) electrons. The third kappa shape index (κ3) is 3.54. The van der Waals surface area contributed by atoms with Gasteiger partial charge < -0.3 is 14.3 Å². The highest BCUT2D eigenvalue weighted by Gasteiger charge is 2.48. The maximum absolute atomic E-state index is 13.1. The SMILES string of the molecule is COc1ccc(/C(O)=C2/C(=O)C(=O)N(c3cccc(Cl)c3C)C2c2ccco2)cc1Br. The minimum atomic E-state index is -0.951. The summed E-state index contributed by atoms with van der Waals surface area (Å²) >= 11 is 9.64. The average molecular weight is 503 g/mol. The fourth-order valence-corrected chi connectivity index (χ4v) is 4.33. The predicted octanol–water partition coefficient (Wildman–Crippen LogP) is 5.64. The highest BCUT2D eigenvalue weighted by atomic mass is 79.9. The molecule has 158 valence electrons. The lowest BCUT2D eigenvalue weighted by atomic mass is 9.99. The lowest BCUT2D eigenvalue weighted by Gasteiger charge is -2.25. The van der Waals surface area contributed by atoms with Crippen LogP contribution in [0.5, 0.6) is 5.75 Å². The largest absolute Gasteiger partial charge is 0.507 e. The van der Waals surface area contributed by atoms with Gasteiger partial charge in [0.25, 0.3) is 11.7 Å². The topological polar surface area (TPSA) is 80.0 Å². The van der Waals surface area contributed by atoms with E-state index in [-0.39, 0.29) is 11.3 Å². The lowest BCUT2D eigenvalue weighted by molar-refractivity contribution is -0.132. The fourth-order valence-electron chi connectivity index (χ4n) is 3.62. The summed E-state index contributed by atoms with van der Waals surface area (Å²) in [6.45, 7) is 1.76. The summed E-state index contributed by atoms with van der Waals surface area (Å²) in [5.41, 5.74) is 1.38. The minimum absolute atomic E-state index is 0.0728. The summed E-state index contributed by atoms with van der Waals surface area (Å²) in [6.07, 6.45) is 1.45. The number of aliphatic hydroxyl groups is 1. The highest BCUT2D eigenvalue weighted by molar-refractivity contribution is 9.10. The van der Waals surface area contributed by atoms with Crippen LogP contribution < -0.4 is 9.64 Å². The molecule has 1 unspecified atom stereocenters. The quantitative estimate of drug-likeness (QED) is 0.284. The van der Waals surface area contributed by atoms with Gasteiger partial charge in [0, 0.05) is 16.3 Å². The molecule has 0 saturated carbocycles. The second-order valence-corrected chi connectivity index (χ2v) is 8.18. The van der Waals surface area contributed by atoms with E-state index in [4.69, 9.17) is 20.8 Å². The number of carbonyl (C=O) groups excluding carboxylic acids is 2. The predicted molar refractivity (Wildman–Crippen MR) is 120 cm³/mol. The van der Waals surface area contributed by atoms with Gasteiger partial charge in [-0.1, -0.05) is 17.7 Å². The van der Waals surface area contributed by atoms with Crippen LogP contribution in [-0.2, 0) is 9.59 Å². The smallest absolute Gasteiger partial charge is 0.300 e. The Kier molecular flexibility index (Phi) is 5.64. The zero-order valence-corrected chi connectivity index (χ0v) is 18.9. The van der Waals surface area contributed by atoms with E-state index < -0.39 is 17.7 Å². The van der Waals surface area contributed by atoms with E-state index in [0.717, 1.165) is 0 Å². The van der Waals surface area contributed by atoms with Crippen molar-refractivity contribution in [2.75, 3.05) is 12.0 Å². The molecule has 4 rings (SSSR count). The zero-order valence-electron chi connectivity index (χ0n) is 16.6. The van der Waals surface area contributed by atoms with E-state index in [1.807, 2.05) is 0 Å². The van der Waals surface area contributed by atoms with Crippen LogP contribution >= 0.6 is 27.5 Å². The first kappa shape index (κ1) is 21.2. The molecule has 0 spiro atoms. The number of nitrogens with zero attached hydrogens (tertiary/aromatic N) is 1. The van der Waals surface area contributed by atoms with Crippen LogP contribution in [0.4, 0.5) is 5.69 Å². The van der Waals surface area contributed by atoms with Gasteiger partial charge in [-0.15, -0.1) is 0 Å². The van der Waals surface area contributed by atoms with Gasteiger partial charge in [0.1, 0.15) is 23.3 Å².